The maximum atomic E-state index is 12.6. The summed E-state index contributed by atoms with van der Waals surface area (Å²) in [4.78, 5) is 24.7. The Balaban J connectivity index is 1.55. The number of furan rings is 1. The molecule has 3 aromatic rings. The third-order valence-corrected chi connectivity index (χ3v) is 5.31. The highest BCUT2D eigenvalue weighted by Gasteiger charge is 2.28. The molecule has 1 aliphatic rings. The molecular formula is C22H23NO5. The van der Waals surface area contributed by atoms with Gasteiger partial charge in [0.05, 0.1) is 18.7 Å². The van der Waals surface area contributed by atoms with E-state index >= 15 is 0 Å². The molecule has 4 rings (SSSR count). The van der Waals surface area contributed by atoms with Gasteiger partial charge in [-0.25, -0.2) is 0 Å². The van der Waals surface area contributed by atoms with Gasteiger partial charge in [0, 0.05) is 16.8 Å². The molecule has 146 valence electrons. The van der Waals surface area contributed by atoms with Gasteiger partial charge in [0.15, 0.2) is 6.10 Å². The number of hydrogen-bond donors (Lipinski definition) is 1. The predicted octanol–water partition coefficient (Wildman–Crippen LogP) is 4.66. The molecule has 0 saturated heterocycles. The number of methoxy groups -OCH3 is 1. The number of hydrogen-bond acceptors (Lipinski definition) is 5. The molecule has 1 saturated carbocycles. The number of carbonyl (C=O) groups is 2. The van der Waals surface area contributed by atoms with Gasteiger partial charge in [-0.3, -0.25) is 9.59 Å². The van der Waals surface area contributed by atoms with E-state index in [4.69, 9.17) is 13.9 Å². The molecule has 1 fully saturated rings. The second kappa shape index (κ2) is 7.54. The number of benzene rings is 2. The summed E-state index contributed by atoms with van der Waals surface area (Å²) in [7, 11) is 1.54. The van der Waals surface area contributed by atoms with Gasteiger partial charge < -0.3 is 19.2 Å². The molecule has 0 unspecified atom stereocenters. The molecule has 1 amide bonds. The van der Waals surface area contributed by atoms with Gasteiger partial charge in [0.1, 0.15) is 16.9 Å². The molecule has 1 aliphatic carbocycles. The zero-order chi connectivity index (χ0) is 19.7. The average molecular weight is 381 g/mol. The van der Waals surface area contributed by atoms with Crippen molar-refractivity contribution in [3.8, 4) is 5.75 Å². The van der Waals surface area contributed by atoms with Gasteiger partial charge in [0.25, 0.3) is 5.91 Å². The highest BCUT2D eigenvalue weighted by molar-refractivity contribution is 6.08. The second-order valence-corrected chi connectivity index (χ2v) is 7.20. The molecule has 28 heavy (non-hydrogen) atoms. The Bertz CT molecular complexity index is 1030. The molecule has 0 bridgehead atoms. The molecule has 0 spiro atoms. The summed E-state index contributed by atoms with van der Waals surface area (Å²) in [6.45, 7) is 1.58. The number of carbonyl (C=O) groups excluding carboxylic acids is 2. The van der Waals surface area contributed by atoms with Crippen LogP contribution in [0.4, 0.5) is 5.69 Å². The molecule has 2 aromatic carbocycles. The first-order valence-corrected chi connectivity index (χ1v) is 9.57. The summed E-state index contributed by atoms with van der Waals surface area (Å²) >= 11 is 0. The highest BCUT2D eigenvalue weighted by Crippen LogP contribution is 2.36. The highest BCUT2D eigenvalue weighted by atomic mass is 16.5. The lowest BCUT2D eigenvalue weighted by atomic mass is 10.1. The number of ether oxygens (including phenoxy) is 2. The fraction of sp³-hybridized carbons (Fsp3) is 0.364. The van der Waals surface area contributed by atoms with Gasteiger partial charge in [-0.1, -0.05) is 31.0 Å². The Labute approximate surface area is 162 Å². The van der Waals surface area contributed by atoms with E-state index in [1.165, 1.54) is 0 Å². The van der Waals surface area contributed by atoms with Gasteiger partial charge in [-0.15, -0.1) is 0 Å². The van der Waals surface area contributed by atoms with Crippen molar-refractivity contribution in [1.29, 1.82) is 0 Å². The van der Waals surface area contributed by atoms with Crippen molar-refractivity contribution >= 4 is 39.5 Å². The molecule has 6 heteroatoms. The van der Waals surface area contributed by atoms with Crippen LogP contribution in [0.15, 0.2) is 40.8 Å². The van der Waals surface area contributed by atoms with Crippen LogP contribution in [0, 0.1) is 5.92 Å². The zero-order valence-electron chi connectivity index (χ0n) is 16.0. The Morgan fingerprint density at radius 3 is 2.61 bits per heavy atom. The van der Waals surface area contributed by atoms with Crippen LogP contribution in [0.1, 0.15) is 32.6 Å². The number of fused-ring (bicyclic) bond motifs is 3. The van der Waals surface area contributed by atoms with E-state index in [1.807, 2.05) is 30.3 Å². The van der Waals surface area contributed by atoms with Crippen molar-refractivity contribution in [2.75, 3.05) is 12.4 Å². The molecule has 1 atom stereocenters. The summed E-state index contributed by atoms with van der Waals surface area (Å²) in [5.74, 6) is -0.265. The number of nitrogens with one attached hydrogen (secondary N) is 1. The maximum absolute atomic E-state index is 12.6. The SMILES string of the molecule is COc1cc2c(cc1NC(=O)[C@@H](C)OC(=O)C1CCCC1)oc1ccccc12. The molecule has 1 N–H and O–H groups in total. The van der Waals surface area contributed by atoms with Crippen LogP contribution in [-0.2, 0) is 14.3 Å². The van der Waals surface area contributed by atoms with Crippen LogP contribution in [0.25, 0.3) is 21.9 Å². The minimum absolute atomic E-state index is 0.0864. The number of esters is 1. The van der Waals surface area contributed by atoms with E-state index < -0.39 is 12.0 Å². The molecule has 6 nitrogen and oxygen atoms in total. The summed E-state index contributed by atoms with van der Waals surface area (Å²) in [5.41, 5.74) is 1.89. The van der Waals surface area contributed by atoms with Crippen molar-refractivity contribution in [2.45, 2.75) is 38.7 Å². The predicted molar refractivity (Wildman–Crippen MR) is 106 cm³/mol. The van der Waals surface area contributed by atoms with Crippen molar-refractivity contribution in [3.05, 3.63) is 36.4 Å². The smallest absolute Gasteiger partial charge is 0.309 e. The van der Waals surface area contributed by atoms with E-state index in [0.717, 1.165) is 42.0 Å². The minimum Gasteiger partial charge on any atom is -0.495 e. The lowest BCUT2D eigenvalue weighted by Gasteiger charge is -2.17. The van der Waals surface area contributed by atoms with E-state index in [1.54, 1.807) is 20.1 Å². The fourth-order valence-corrected chi connectivity index (χ4v) is 3.74. The average Bonchev–Trinajstić information content (AvgIpc) is 3.35. The van der Waals surface area contributed by atoms with E-state index in [0.29, 0.717) is 17.0 Å². The molecular weight excluding hydrogens is 358 g/mol. The number of rotatable bonds is 5. The van der Waals surface area contributed by atoms with Crippen LogP contribution in [-0.4, -0.2) is 25.1 Å². The first-order chi connectivity index (χ1) is 13.6. The Kier molecular flexibility index (Phi) is 4.94. The Hall–Kier alpha value is -3.02. The maximum Gasteiger partial charge on any atom is 0.309 e. The molecule has 1 heterocycles. The monoisotopic (exact) mass is 381 g/mol. The Morgan fingerprint density at radius 2 is 1.86 bits per heavy atom. The van der Waals surface area contributed by atoms with Crippen LogP contribution in [0.2, 0.25) is 0 Å². The normalized spacial score (nSPS) is 15.6. The van der Waals surface area contributed by atoms with Gasteiger partial charge >= 0.3 is 5.97 Å². The van der Waals surface area contributed by atoms with Crippen LogP contribution < -0.4 is 10.1 Å². The largest absolute Gasteiger partial charge is 0.495 e. The molecule has 0 aliphatic heterocycles. The van der Waals surface area contributed by atoms with Gasteiger partial charge in [-0.05, 0) is 31.9 Å². The summed E-state index contributed by atoms with van der Waals surface area (Å²) in [5, 5.41) is 4.68. The third-order valence-electron chi connectivity index (χ3n) is 5.31. The lowest BCUT2D eigenvalue weighted by molar-refractivity contribution is -0.157. The van der Waals surface area contributed by atoms with Crippen molar-refractivity contribution in [2.24, 2.45) is 5.92 Å². The van der Waals surface area contributed by atoms with Crippen LogP contribution in [0.3, 0.4) is 0 Å². The number of anilines is 1. The molecule has 1 aromatic heterocycles. The minimum atomic E-state index is -0.885. The summed E-state index contributed by atoms with van der Waals surface area (Å²) in [6, 6.07) is 11.3. The first kappa shape index (κ1) is 18.3. The standard InChI is InChI=1S/C22H23NO5/c1-13(27-22(25)14-7-3-4-8-14)21(24)23-17-12-19-16(11-20(17)26-2)15-9-5-6-10-18(15)28-19/h5-6,9-14H,3-4,7-8H2,1-2H3,(H,23,24)/t13-/m1/s1. The van der Waals surface area contributed by atoms with E-state index in [2.05, 4.69) is 5.32 Å². The second-order valence-electron chi connectivity index (χ2n) is 7.20. The topological polar surface area (TPSA) is 77.8 Å². The summed E-state index contributed by atoms with van der Waals surface area (Å²) < 4.78 is 16.7. The zero-order valence-corrected chi connectivity index (χ0v) is 16.0. The van der Waals surface area contributed by atoms with Crippen molar-refractivity contribution in [1.82, 2.24) is 0 Å². The third kappa shape index (κ3) is 3.42. The Morgan fingerprint density at radius 1 is 1.11 bits per heavy atom. The lowest BCUT2D eigenvalue weighted by Crippen LogP contribution is -2.32. The van der Waals surface area contributed by atoms with E-state index in [9.17, 15) is 9.59 Å². The summed E-state index contributed by atoms with van der Waals surface area (Å²) in [6.07, 6.45) is 2.86. The fourth-order valence-electron chi connectivity index (χ4n) is 3.74. The van der Waals surface area contributed by atoms with Gasteiger partial charge in [0.2, 0.25) is 0 Å². The first-order valence-electron chi connectivity index (χ1n) is 9.57. The van der Waals surface area contributed by atoms with Crippen molar-refractivity contribution < 1.29 is 23.5 Å². The van der Waals surface area contributed by atoms with Crippen LogP contribution in [0.5, 0.6) is 5.75 Å². The number of para-hydroxylation sites is 1. The van der Waals surface area contributed by atoms with Gasteiger partial charge in [-0.2, -0.15) is 0 Å². The van der Waals surface area contributed by atoms with Crippen molar-refractivity contribution in [3.63, 3.8) is 0 Å². The molecule has 0 radical (unpaired) electrons. The van der Waals surface area contributed by atoms with E-state index in [-0.39, 0.29) is 11.9 Å². The van der Waals surface area contributed by atoms with Crippen LogP contribution >= 0.6 is 0 Å². The quantitative estimate of drug-likeness (QED) is 0.651. The number of amides is 1.